The number of esters is 2. The average molecular weight is 428 g/mol. The Kier molecular flexibility index (Phi) is 6.96. The van der Waals surface area contributed by atoms with Gasteiger partial charge in [-0.05, 0) is 57.2 Å². The highest BCUT2D eigenvalue weighted by atomic mass is 19.1. The summed E-state index contributed by atoms with van der Waals surface area (Å²) in [5, 5.41) is 0. The van der Waals surface area contributed by atoms with Gasteiger partial charge in [0.2, 0.25) is 5.88 Å². The zero-order valence-electron chi connectivity index (χ0n) is 17.2. The van der Waals surface area contributed by atoms with Gasteiger partial charge in [0.25, 0.3) is 0 Å². The van der Waals surface area contributed by atoms with E-state index in [1.807, 2.05) is 0 Å². The lowest BCUT2D eigenvalue weighted by Crippen LogP contribution is -2.33. The Labute approximate surface area is 177 Å². The maximum atomic E-state index is 13.2. The minimum atomic E-state index is -1.02. The zero-order valence-corrected chi connectivity index (χ0v) is 17.2. The Balaban J connectivity index is 1.58. The predicted molar refractivity (Wildman–Crippen MR) is 108 cm³/mol. The summed E-state index contributed by atoms with van der Waals surface area (Å²) in [6.07, 6.45) is -0.557. The lowest BCUT2D eigenvalue weighted by Gasteiger charge is -2.17. The number of rotatable bonds is 8. The topological polar surface area (TPSA) is 96.8 Å². The van der Waals surface area contributed by atoms with E-state index in [0.717, 1.165) is 0 Å². The highest BCUT2D eigenvalue weighted by molar-refractivity contribution is 5.81. The van der Waals surface area contributed by atoms with Crippen LogP contribution in [0.1, 0.15) is 20.8 Å². The molecule has 0 aliphatic carbocycles. The normalized spacial score (nSPS) is 12.6. The lowest BCUT2D eigenvalue weighted by atomic mass is 10.3. The number of carbonyl (C=O) groups is 2. The molecule has 0 radical (unpaired) electrons. The Morgan fingerprint density at radius 1 is 0.968 bits per heavy atom. The minimum Gasteiger partial charge on any atom is -0.479 e. The van der Waals surface area contributed by atoms with Crippen LogP contribution in [-0.2, 0) is 19.1 Å². The summed E-state index contributed by atoms with van der Waals surface area (Å²) in [4.78, 5) is 32.0. The van der Waals surface area contributed by atoms with Crippen LogP contribution in [0.25, 0.3) is 11.0 Å². The van der Waals surface area contributed by atoms with Crippen LogP contribution in [0.5, 0.6) is 17.4 Å². The molecule has 0 aliphatic heterocycles. The molecule has 3 rings (SSSR count). The summed E-state index contributed by atoms with van der Waals surface area (Å²) >= 11 is 0. The van der Waals surface area contributed by atoms with Gasteiger partial charge in [-0.2, -0.15) is 0 Å². The van der Waals surface area contributed by atoms with Gasteiger partial charge in [0.15, 0.2) is 12.2 Å². The van der Waals surface area contributed by atoms with Crippen LogP contribution in [0.15, 0.2) is 48.7 Å². The van der Waals surface area contributed by atoms with Crippen LogP contribution < -0.4 is 9.47 Å². The van der Waals surface area contributed by atoms with Crippen molar-refractivity contribution in [3.63, 3.8) is 0 Å². The molecule has 0 bridgehead atoms. The largest absolute Gasteiger partial charge is 0.479 e. The second-order valence-corrected chi connectivity index (χ2v) is 6.51. The molecule has 2 aromatic carbocycles. The fraction of sp³-hybridized carbons (Fsp3) is 0.273. The first-order valence-corrected chi connectivity index (χ1v) is 9.59. The summed E-state index contributed by atoms with van der Waals surface area (Å²) in [5.41, 5.74) is 0.928. The molecule has 31 heavy (non-hydrogen) atoms. The SMILES string of the molecule is CCOC(=O)C(C)OC(=O)C(C)Oc1ccc(Oc2cnc3cc(F)ccc3n2)cc1. The average Bonchev–Trinajstić information content (AvgIpc) is 2.75. The van der Waals surface area contributed by atoms with Crippen molar-refractivity contribution in [1.82, 2.24) is 9.97 Å². The Morgan fingerprint density at radius 3 is 2.39 bits per heavy atom. The summed E-state index contributed by atoms with van der Waals surface area (Å²) in [6, 6.07) is 10.6. The first-order valence-electron chi connectivity index (χ1n) is 9.59. The molecular formula is C22H21FN2O6. The molecule has 2 unspecified atom stereocenters. The van der Waals surface area contributed by atoms with E-state index in [1.165, 1.54) is 38.2 Å². The Hall–Kier alpha value is -3.75. The molecule has 0 N–H and O–H groups in total. The van der Waals surface area contributed by atoms with Gasteiger partial charge in [0.1, 0.15) is 17.3 Å². The maximum Gasteiger partial charge on any atom is 0.347 e. The van der Waals surface area contributed by atoms with E-state index in [2.05, 4.69) is 9.97 Å². The Bertz CT molecular complexity index is 1070. The van der Waals surface area contributed by atoms with Crippen LogP contribution >= 0.6 is 0 Å². The van der Waals surface area contributed by atoms with E-state index in [1.54, 1.807) is 31.2 Å². The first-order chi connectivity index (χ1) is 14.9. The van der Waals surface area contributed by atoms with Gasteiger partial charge < -0.3 is 18.9 Å². The van der Waals surface area contributed by atoms with Gasteiger partial charge in [-0.25, -0.2) is 23.9 Å². The van der Waals surface area contributed by atoms with Crippen molar-refractivity contribution < 1.29 is 32.9 Å². The quantitative estimate of drug-likeness (QED) is 0.500. The molecule has 0 spiro atoms. The molecule has 0 saturated carbocycles. The van der Waals surface area contributed by atoms with Crippen molar-refractivity contribution in [3.05, 3.63) is 54.5 Å². The molecule has 1 heterocycles. The van der Waals surface area contributed by atoms with Crippen molar-refractivity contribution in [2.75, 3.05) is 6.61 Å². The van der Waals surface area contributed by atoms with E-state index in [-0.39, 0.29) is 18.3 Å². The van der Waals surface area contributed by atoms with Crippen molar-refractivity contribution >= 4 is 23.0 Å². The molecule has 0 fully saturated rings. The number of fused-ring (bicyclic) bond motifs is 1. The first kappa shape index (κ1) is 21.9. The van der Waals surface area contributed by atoms with E-state index < -0.39 is 24.1 Å². The molecule has 1 aromatic heterocycles. The fourth-order valence-electron chi connectivity index (χ4n) is 2.55. The number of ether oxygens (including phenoxy) is 4. The highest BCUT2D eigenvalue weighted by Crippen LogP contribution is 2.24. The van der Waals surface area contributed by atoms with E-state index in [9.17, 15) is 14.0 Å². The zero-order chi connectivity index (χ0) is 22.4. The number of halogens is 1. The van der Waals surface area contributed by atoms with Crippen molar-refractivity contribution in [2.24, 2.45) is 0 Å². The highest BCUT2D eigenvalue weighted by Gasteiger charge is 2.24. The number of hydrogen-bond acceptors (Lipinski definition) is 8. The number of hydrogen-bond donors (Lipinski definition) is 0. The van der Waals surface area contributed by atoms with Crippen LogP contribution in [0.2, 0.25) is 0 Å². The number of carbonyl (C=O) groups excluding carboxylic acids is 2. The molecule has 8 nitrogen and oxygen atoms in total. The van der Waals surface area contributed by atoms with Crippen LogP contribution in [0.3, 0.4) is 0 Å². The van der Waals surface area contributed by atoms with Crippen molar-refractivity contribution in [2.45, 2.75) is 33.0 Å². The van der Waals surface area contributed by atoms with E-state index in [0.29, 0.717) is 22.5 Å². The fourth-order valence-corrected chi connectivity index (χ4v) is 2.55. The standard InChI is InChI=1S/C22H21FN2O6/c1-4-28-21(26)13(2)30-22(27)14(3)29-16-6-8-17(9-7-16)31-20-12-24-19-11-15(23)5-10-18(19)25-20/h5-14H,4H2,1-3H3. The Morgan fingerprint density at radius 2 is 1.68 bits per heavy atom. The van der Waals surface area contributed by atoms with Gasteiger partial charge in [-0.1, -0.05) is 0 Å². The number of nitrogens with zero attached hydrogens (tertiary/aromatic N) is 2. The maximum absolute atomic E-state index is 13.2. The summed E-state index contributed by atoms with van der Waals surface area (Å²) in [6.45, 7) is 4.81. The third-order valence-electron chi connectivity index (χ3n) is 4.08. The van der Waals surface area contributed by atoms with Crippen LogP contribution in [0, 0.1) is 5.82 Å². The molecule has 9 heteroatoms. The van der Waals surface area contributed by atoms with Gasteiger partial charge >= 0.3 is 11.9 Å². The minimum absolute atomic E-state index is 0.199. The summed E-state index contributed by atoms with van der Waals surface area (Å²) in [7, 11) is 0. The second kappa shape index (κ2) is 9.84. The second-order valence-electron chi connectivity index (χ2n) is 6.51. The third kappa shape index (κ3) is 5.88. The van der Waals surface area contributed by atoms with E-state index >= 15 is 0 Å². The number of benzene rings is 2. The molecule has 2 atom stereocenters. The molecule has 162 valence electrons. The van der Waals surface area contributed by atoms with Gasteiger partial charge in [0.05, 0.1) is 23.8 Å². The van der Waals surface area contributed by atoms with Gasteiger partial charge in [0, 0.05) is 6.07 Å². The molecule has 3 aromatic rings. The lowest BCUT2D eigenvalue weighted by molar-refractivity contribution is -0.170. The molecule has 0 aliphatic rings. The smallest absolute Gasteiger partial charge is 0.347 e. The van der Waals surface area contributed by atoms with Crippen LogP contribution in [-0.4, -0.2) is 40.7 Å². The summed E-state index contributed by atoms with van der Waals surface area (Å²) < 4.78 is 34.3. The van der Waals surface area contributed by atoms with Crippen molar-refractivity contribution in [3.8, 4) is 17.4 Å². The van der Waals surface area contributed by atoms with E-state index in [4.69, 9.17) is 18.9 Å². The third-order valence-corrected chi connectivity index (χ3v) is 4.08. The van der Waals surface area contributed by atoms with Gasteiger partial charge in [-0.15, -0.1) is 0 Å². The molecule has 0 saturated heterocycles. The predicted octanol–water partition coefficient (Wildman–Crippen LogP) is 3.82. The molecular weight excluding hydrogens is 407 g/mol. The monoisotopic (exact) mass is 428 g/mol. The van der Waals surface area contributed by atoms with Gasteiger partial charge in [-0.3, -0.25) is 0 Å². The van der Waals surface area contributed by atoms with Crippen LogP contribution in [0.4, 0.5) is 4.39 Å². The van der Waals surface area contributed by atoms with Crippen molar-refractivity contribution in [1.29, 1.82) is 0 Å². The summed E-state index contributed by atoms with van der Waals surface area (Å²) in [5.74, 6) is -0.581. The molecule has 0 amide bonds. The number of aromatic nitrogens is 2.